The van der Waals surface area contributed by atoms with Crippen molar-refractivity contribution in [1.29, 1.82) is 0 Å². The normalized spacial score (nSPS) is 23.1. The molecule has 3 rings (SSSR count). The third-order valence-electron chi connectivity index (χ3n) is 4.62. The van der Waals surface area contributed by atoms with Gasteiger partial charge in [-0.25, -0.2) is 4.79 Å². The van der Waals surface area contributed by atoms with Gasteiger partial charge in [-0.05, 0) is 32.1 Å². The Bertz CT molecular complexity index is 476. The molecule has 1 heterocycles. The van der Waals surface area contributed by atoms with E-state index in [0.717, 1.165) is 32.1 Å². The van der Waals surface area contributed by atoms with E-state index in [0.29, 0.717) is 6.04 Å². The fourth-order valence-corrected chi connectivity index (χ4v) is 3.49. The monoisotopic (exact) mass is 276 g/mol. The standard InChI is InChI=1S/C15H24N4O/c1-19-14-9-5-8-13(12(14)10-16-19)18-15(20)17-11-6-3-2-4-7-11/h10-11,13H,2-9H2,1H3,(H2,17,18,20)/t13-/m0/s1. The van der Waals surface area contributed by atoms with E-state index in [1.807, 2.05) is 17.9 Å². The molecule has 2 aliphatic carbocycles. The first-order chi connectivity index (χ1) is 9.74. The second kappa shape index (κ2) is 5.85. The molecule has 0 radical (unpaired) electrons. The molecule has 20 heavy (non-hydrogen) atoms. The Balaban J connectivity index is 1.59. The van der Waals surface area contributed by atoms with Crippen LogP contribution in [0.1, 0.15) is 62.2 Å². The van der Waals surface area contributed by atoms with Crippen molar-refractivity contribution in [3.63, 3.8) is 0 Å². The average molecular weight is 276 g/mol. The van der Waals surface area contributed by atoms with Crippen LogP contribution in [0.2, 0.25) is 0 Å². The molecule has 0 unspecified atom stereocenters. The number of rotatable bonds is 2. The van der Waals surface area contributed by atoms with Crippen LogP contribution in [0.25, 0.3) is 0 Å². The van der Waals surface area contributed by atoms with Crippen molar-refractivity contribution >= 4 is 6.03 Å². The van der Waals surface area contributed by atoms with Gasteiger partial charge in [0.1, 0.15) is 0 Å². The van der Waals surface area contributed by atoms with Crippen molar-refractivity contribution in [2.24, 2.45) is 7.05 Å². The number of nitrogens with zero attached hydrogens (tertiary/aromatic N) is 2. The molecule has 2 N–H and O–H groups in total. The number of amides is 2. The van der Waals surface area contributed by atoms with Gasteiger partial charge < -0.3 is 10.6 Å². The van der Waals surface area contributed by atoms with E-state index >= 15 is 0 Å². The predicted molar refractivity (Wildman–Crippen MR) is 77.4 cm³/mol. The van der Waals surface area contributed by atoms with E-state index in [1.54, 1.807) is 0 Å². The van der Waals surface area contributed by atoms with Gasteiger partial charge in [0.25, 0.3) is 0 Å². The van der Waals surface area contributed by atoms with E-state index < -0.39 is 0 Å². The molecule has 2 amide bonds. The lowest BCUT2D eigenvalue weighted by atomic mass is 9.93. The third kappa shape index (κ3) is 2.81. The molecular formula is C15H24N4O. The summed E-state index contributed by atoms with van der Waals surface area (Å²) < 4.78 is 1.93. The minimum atomic E-state index is -0.0152. The number of fused-ring (bicyclic) bond motifs is 1. The van der Waals surface area contributed by atoms with Crippen LogP contribution in [0.15, 0.2) is 6.20 Å². The molecule has 1 fully saturated rings. The van der Waals surface area contributed by atoms with Gasteiger partial charge in [0.2, 0.25) is 0 Å². The summed E-state index contributed by atoms with van der Waals surface area (Å²) in [7, 11) is 1.98. The number of hydrogen-bond donors (Lipinski definition) is 2. The zero-order valence-corrected chi connectivity index (χ0v) is 12.2. The molecule has 0 aliphatic heterocycles. The number of urea groups is 1. The quantitative estimate of drug-likeness (QED) is 0.871. The smallest absolute Gasteiger partial charge is 0.315 e. The van der Waals surface area contributed by atoms with Crippen molar-refractivity contribution in [3.8, 4) is 0 Å². The van der Waals surface area contributed by atoms with Crippen LogP contribution >= 0.6 is 0 Å². The Morgan fingerprint density at radius 2 is 2.00 bits per heavy atom. The molecule has 0 saturated heterocycles. The van der Waals surface area contributed by atoms with E-state index in [1.165, 1.54) is 30.5 Å². The van der Waals surface area contributed by atoms with Gasteiger partial charge in [-0.3, -0.25) is 4.68 Å². The summed E-state index contributed by atoms with van der Waals surface area (Å²) in [6, 6.07) is 0.468. The van der Waals surface area contributed by atoms with Gasteiger partial charge in [0, 0.05) is 24.3 Å². The molecule has 5 nitrogen and oxygen atoms in total. The van der Waals surface area contributed by atoms with E-state index in [2.05, 4.69) is 15.7 Å². The minimum absolute atomic E-state index is 0.0152. The maximum Gasteiger partial charge on any atom is 0.315 e. The van der Waals surface area contributed by atoms with Crippen molar-refractivity contribution in [2.75, 3.05) is 0 Å². The average Bonchev–Trinajstić information content (AvgIpc) is 2.83. The number of aromatic nitrogens is 2. The molecule has 1 atom stereocenters. The third-order valence-corrected chi connectivity index (χ3v) is 4.62. The molecule has 110 valence electrons. The lowest BCUT2D eigenvalue weighted by Gasteiger charge is -2.27. The summed E-state index contributed by atoms with van der Waals surface area (Å²) >= 11 is 0. The lowest BCUT2D eigenvalue weighted by Crippen LogP contribution is -2.44. The highest BCUT2D eigenvalue weighted by atomic mass is 16.2. The van der Waals surface area contributed by atoms with E-state index in [9.17, 15) is 4.79 Å². The molecule has 5 heteroatoms. The Kier molecular flexibility index (Phi) is 3.94. The van der Waals surface area contributed by atoms with Gasteiger partial charge in [-0.2, -0.15) is 5.10 Å². The molecule has 0 bridgehead atoms. The summed E-state index contributed by atoms with van der Waals surface area (Å²) in [4.78, 5) is 12.1. The van der Waals surface area contributed by atoms with Crippen LogP contribution in [0.3, 0.4) is 0 Å². The lowest BCUT2D eigenvalue weighted by molar-refractivity contribution is 0.227. The second-order valence-corrected chi connectivity index (χ2v) is 6.07. The zero-order chi connectivity index (χ0) is 13.9. The fourth-order valence-electron chi connectivity index (χ4n) is 3.49. The number of carbonyl (C=O) groups is 1. The fraction of sp³-hybridized carbons (Fsp3) is 0.733. The van der Waals surface area contributed by atoms with E-state index in [4.69, 9.17) is 0 Å². The molecular weight excluding hydrogens is 252 g/mol. The molecule has 2 aliphatic rings. The highest BCUT2D eigenvalue weighted by Gasteiger charge is 2.25. The first-order valence-corrected chi connectivity index (χ1v) is 7.82. The predicted octanol–water partition coefficient (Wildman–Crippen LogP) is 2.43. The van der Waals surface area contributed by atoms with E-state index in [-0.39, 0.29) is 12.1 Å². The molecule has 1 saturated carbocycles. The summed E-state index contributed by atoms with van der Waals surface area (Å²) in [5, 5.41) is 10.6. The van der Waals surface area contributed by atoms with Crippen molar-refractivity contribution < 1.29 is 4.79 Å². The molecule has 0 spiro atoms. The van der Waals surface area contributed by atoms with Gasteiger partial charge in [-0.15, -0.1) is 0 Å². The maximum absolute atomic E-state index is 12.1. The van der Waals surface area contributed by atoms with Crippen molar-refractivity contribution in [2.45, 2.75) is 63.5 Å². The SMILES string of the molecule is Cn1ncc2c1CCC[C@@H]2NC(=O)NC1CCCCC1. The van der Waals surface area contributed by atoms with Crippen molar-refractivity contribution in [3.05, 3.63) is 17.5 Å². The zero-order valence-electron chi connectivity index (χ0n) is 12.2. The molecule has 0 aromatic carbocycles. The van der Waals surface area contributed by atoms with Crippen LogP contribution in [0, 0.1) is 0 Å². The first kappa shape index (κ1) is 13.5. The van der Waals surface area contributed by atoms with Crippen LogP contribution in [-0.4, -0.2) is 21.9 Å². The van der Waals surface area contributed by atoms with Crippen LogP contribution in [0.5, 0.6) is 0 Å². The van der Waals surface area contributed by atoms with Gasteiger partial charge >= 0.3 is 6.03 Å². The van der Waals surface area contributed by atoms with Crippen LogP contribution < -0.4 is 10.6 Å². The topological polar surface area (TPSA) is 59.0 Å². The number of hydrogen-bond acceptors (Lipinski definition) is 2. The second-order valence-electron chi connectivity index (χ2n) is 6.07. The number of carbonyl (C=O) groups excluding carboxylic acids is 1. The maximum atomic E-state index is 12.1. The summed E-state index contributed by atoms with van der Waals surface area (Å²) in [5.41, 5.74) is 2.46. The Hall–Kier alpha value is -1.52. The Morgan fingerprint density at radius 3 is 2.80 bits per heavy atom. The highest BCUT2D eigenvalue weighted by molar-refractivity contribution is 5.74. The van der Waals surface area contributed by atoms with Crippen molar-refractivity contribution in [1.82, 2.24) is 20.4 Å². The van der Waals surface area contributed by atoms with Gasteiger partial charge in [0.05, 0.1) is 12.2 Å². The van der Waals surface area contributed by atoms with Crippen LogP contribution in [-0.2, 0) is 13.5 Å². The summed E-state index contributed by atoms with van der Waals surface area (Å²) in [5.74, 6) is 0. The number of aryl methyl sites for hydroxylation is 1. The summed E-state index contributed by atoms with van der Waals surface area (Å²) in [6.45, 7) is 0. The summed E-state index contributed by atoms with van der Waals surface area (Å²) in [6.07, 6.45) is 11.1. The molecule has 1 aromatic heterocycles. The Labute approximate surface area is 120 Å². The van der Waals surface area contributed by atoms with Crippen LogP contribution in [0.4, 0.5) is 4.79 Å². The Morgan fingerprint density at radius 1 is 1.20 bits per heavy atom. The number of nitrogens with one attached hydrogen (secondary N) is 2. The molecule has 1 aromatic rings. The van der Waals surface area contributed by atoms with Gasteiger partial charge in [0.15, 0.2) is 0 Å². The largest absolute Gasteiger partial charge is 0.335 e. The van der Waals surface area contributed by atoms with Gasteiger partial charge in [-0.1, -0.05) is 19.3 Å². The minimum Gasteiger partial charge on any atom is -0.335 e. The highest BCUT2D eigenvalue weighted by Crippen LogP contribution is 2.29. The first-order valence-electron chi connectivity index (χ1n) is 7.82.